The Morgan fingerprint density at radius 1 is 1.70 bits per heavy atom. The second-order valence-corrected chi connectivity index (χ2v) is 2.52. The van der Waals surface area contributed by atoms with Crippen LogP contribution in [0.15, 0.2) is 12.2 Å². The van der Waals surface area contributed by atoms with Crippen LogP contribution >= 0.6 is 11.8 Å². The van der Waals surface area contributed by atoms with Crippen molar-refractivity contribution in [3.63, 3.8) is 0 Å². The maximum atomic E-state index is 10.6. The van der Waals surface area contributed by atoms with Crippen LogP contribution < -0.4 is 0 Å². The van der Waals surface area contributed by atoms with Gasteiger partial charge >= 0.3 is 5.30 Å². The van der Waals surface area contributed by atoms with E-state index in [1.807, 2.05) is 19.1 Å². The molecule has 0 radical (unpaired) electrons. The quantitative estimate of drug-likeness (QED) is 0.468. The van der Waals surface area contributed by atoms with Crippen LogP contribution in [0.5, 0.6) is 0 Å². The van der Waals surface area contributed by atoms with Crippen molar-refractivity contribution < 1.29 is 9.53 Å². The van der Waals surface area contributed by atoms with Crippen molar-refractivity contribution in [2.24, 2.45) is 0 Å². The zero-order valence-corrected chi connectivity index (χ0v) is 7.11. The molecule has 3 heteroatoms. The molecule has 10 heavy (non-hydrogen) atoms. The van der Waals surface area contributed by atoms with Gasteiger partial charge in [0, 0.05) is 5.75 Å². The van der Waals surface area contributed by atoms with E-state index >= 15 is 0 Å². The fraction of sp³-hybridized carbons (Fsp3) is 0.571. The van der Waals surface area contributed by atoms with Crippen molar-refractivity contribution in [1.82, 2.24) is 0 Å². The summed E-state index contributed by atoms with van der Waals surface area (Å²) in [5.41, 5.74) is 0. The van der Waals surface area contributed by atoms with E-state index in [0.717, 1.165) is 0 Å². The SMILES string of the molecule is C/C=C/CSC(=O)OCC. The van der Waals surface area contributed by atoms with Crippen LogP contribution in [-0.2, 0) is 4.74 Å². The number of hydrogen-bond acceptors (Lipinski definition) is 3. The van der Waals surface area contributed by atoms with Crippen molar-refractivity contribution >= 4 is 17.1 Å². The smallest absolute Gasteiger partial charge is 0.367 e. The van der Waals surface area contributed by atoms with Gasteiger partial charge in [0.15, 0.2) is 0 Å². The predicted molar refractivity (Wildman–Crippen MR) is 44.3 cm³/mol. The van der Waals surface area contributed by atoms with Crippen molar-refractivity contribution in [1.29, 1.82) is 0 Å². The first-order chi connectivity index (χ1) is 4.81. The molecular weight excluding hydrogens is 148 g/mol. The van der Waals surface area contributed by atoms with Crippen LogP contribution in [0.2, 0.25) is 0 Å². The molecule has 58 valence electrons. The van der Waals surface area contributed by atoms with Crippen LogP contribution in [0.1, 0.15) is 13.8 Å². The summed E-state index contributed by atoms with van der Waals surface area (Å²) in [6.07, 6.45) is 3.83. The summed E-state index contributed by atoms with van der Waals surface area (Å²) in [6, 6.07) is 0. The first kappa shape index (κ1) is 9.56. The van der Waals surface area contributed by atoms with Crippen molar-refractivity contribution in [3.8, 4) is 0 Å². The fourth-order valence-corrected chi connectivity index (χ4v) is 0.998. The third-order valence-electron chi connectivity index (χ3n) is 0.795. The van der Waals surface area contributed by atoms with Gasteiger partial charge in [-0.05, 0) is 25.6 Å². The number of allylic oxidation sites excluding steroid dienone is 1. The zero-order valence-electron chi connectivity index (χ0n) is 6.29. The number of ether oxygens (including phenoxy) is 1. The topological polar surface area (TPSA) is 26.3 Å². The van der Waals surface area contributed by atoms with Crippen LogP contribution in [0, 0.1) is 0 Å². The molecule has 0 fully saturated rings. The lowest BCUT2D eigenvalue weighted by Gasteiger charge is -1.96. The molecule has 0 aromatic carbocycles. The molecule has 0 saturated carbocycles. The van der Waals surface area contributed by atoms with Crippen LogP contribution in [0.4, 0.5) is 4.79 Å². The highest BCUT2D eigenvalue weighted by Crippen LogP contribution is 2.04. The number of thioether (sulfide) groups is 1. The van der Waals surface area contributed by atoms with Gasteiger partial charge in [-0.25, -0.2) is 4.79 Å². The van der Waals surface area contributed by atoms with Gasteiger partial charge in [0.05, 0.1) is 6.61 Å². The monoisotopic (exact) mass is 160 g/mol. The summed E-state index contributed by atoms with van der Waals surface area (Å²) in [7, 11) is 0. The lowest BCUT2D eigenvalue weighted by molar-refractivity contribution is 0.181. The molecule has 0 unspecified atom stereocenters. The third-order valence-corrected chi connectivity index (χ3v) is 1.51. The van der Waals surface area contributed by atoms with E-state index in [1.54, 1.807) is 6.92 Å². The molecule has 0 rings (SSSR count). The largest absolute Gasteiger partial charge is 0.458 e. The van der Waals surface area contributed by atoms with Crippen molar-refractivity contribution in [2.75, 3.05) is 12.4 Å². The standard InChI is InChI=1S/C7H12O2S/c1-3-5-6-10-7(8)9-4-2/h3,5H,4,6H2,1-2H3/b5-3+. The second-order valence-electron chi connectivity index (χ2n) is 1.56. The molecule has 0 atom stereocenters. The summed E-state index contributed by atoms with van der Waals surface area (Å²) in [5, 5.41) is -0.194. The fourth-order valence-electron chi connectivity index (χ4n) is 0.372. The second kappa shape index (κ2) is 6.68. The van der Waals surface area contributed by atoms with Crippen molar-refractivity contribution in [3.05, 3.63) is 12.2 Å². The van der Waals surface area contributed by atoms with Gasteiger partial charge in [-0.3, -0.25) is 0 Å². The molecule has 0 heterocycles. The van der Waals surface area contributed by atoms with E-state index in [4.69, 9.17) is 0 Å². The average Bonchev–Trinajstić information content (AvgIpc) is 1.89. The summed E-state index contributed by atoms with van der Waals surface area (Å²) >= 11 is 1.18. The van der Waals surface area contributed by atoms with E-state index in [-0.39, 0.29) is 5.30 Å². The molecule has 0 spiro atoms. The highest BCUT2D eigenvalue weighted by Gasteiger charge is 1.97. The summed E-state index contributed by atoms with van der Waals surface area (Å²) < 4.78 is 4.68. The number of carbonyl (C=O) groups excluding carboxylic acids is 1. The van der Waals surface area contributed by atoms with E-state index in [1.165, 1.54) is 11.8 Å². The van der Waals surface area contributed by atoms with Crippen LogP contribution in [0.3, 0.4) is 0 Å². The van der Waals surface area contributed by atoms with Gasteiger partial charge in [-0.2, -0.15) is 0 Å². The average molecular weight is 160 g/mol. The summed E-state index contributed by atoms with van der Waals surface area (Å²) in [6.45, 7) is 4.18. The molecule has 0 aliphatic carbocycles. The Labute approximate surface area is 65.6 Å². The van der Waals surface area contributed by atoms with E-state index < -0.39 is 0 Å². The van der Waals surface area contributed by atoms with Gasteiger partial charge < -0.3 is 4.74 Å². The Balaban J connectivity index is 3.21. The van der Waals surface area contributed by atoms with Gasteiger partial charge in [0.1, 0.15) is 0 Å². The molecule has 0 aromatic rings. The lowest BCUT2D eigenvalue weighted by atomic mass is 10.6. The number of hydrogen-bond donors (Lipinski definition) is 0. The molecule has 0 N–H and O–H groups in total. The Kier molecular flexibility index (Phi) is 6.38. The van der Waals surface area contributed by atoms with E-state index in [9.17, 15) is 4.79 Å². The number of carbonyl (C=O) groups is 1. The number of rotatable bonds is 3. The first-order valence-electron chi connectivity index (χ1n) is 3.22. The van der Waals surface area contributed by atoms with Crippen molar-refractivity contribution in [2.45, 2.75) is 13.8 Å². The maximum Gasteiger partial charge on any atom is 0.367 e. The molecule has 0 bridgehead atoms. The maximum absolute atomic E-state index is 10.6. The molecule has 0 amide bonds. The Morgan fingerprint density at radius 3 is 2.90 bits per heavy atom. The molecular formula is C7H12O2S. The normalized spacial score (nSPS) is 10.2. The minimum absolute atomic E-state index is 0.194. The highest BCUT2D eigenvalue weighted by atomic mass is 32.2. The van der Waals surface area contributed by atoms with Gasteiger partial charge in [0.2, 0.25) is 0 Å². The van der Waals surface area contributed by atoms with Crippen LogP contribution in [-0.4, -0.2) is 17.7 Å². The summed E-state index contributed by atoms with van der Waals surface area (Å²) in [5.74, 6) is 0.704. The predicted octanol–water partition coefficient (Wildman–Crippen LogP) is 2.45. The Hall–Kier alpha value is -0.440. The molecule has 2 nitrogen and oxygen atoms in total. The van der Waals surface area contributed by atoms with Gasteiger partial charge in [0.25, 0.3) is 0 Å². The molecule has 0 aliphatic heterocycles. The zero-order chi connectivity index (χ0) is 7.82. The molecule has 0 aliphatic rings. The van der Waals surface area contributed by atoms with E-state index in [2.05, 4.69) is 4.74 Å². The Morgan fingerprint density at radius 2 is 2.40 bits per heavy atom. The minimum Gasteiger partial charge on any atom is -0.458 e. The van der Waals surface area contributed by atoms with Gasteiger partial charge in [-0.15, -0.1) is 0 Å². The Bertz CT molecular complexity index is 121. The first-order valence-corrected chi connectivity index (χ1v) is 4.20. The summed E-state index contributed by atoms with van der Waals surface area (Å²) in [4.78, 5) is 10.6. The molecule has 0 saturated heterocycles. The third kappa shape index (κ3) is 5.69. The lowest BCUT2D eigenvalue weighted by Crippen LogP contribution is -1.95. The minimum atomic E-state index is -0.194. The molecule has 0 aromatic heterocycles. The van der Waals surface area contributed by atoms with Gasteiger partial charge in [-0.1, -0.05) is 12.2 Å². The highest BCUT2D eigenvalue weighted by molar-refractivity contribution is 8.13. The van der Waals surface area contributed by atoms with Crippen LogP contribution in [0.25, 0.3) is 0 Å². The van der Waals surface area contributed by atoms with E-state index in [0.29, 0.717) is 12.4 Å².